The fourth-order valence-corrected chi connectivity index (χ4v) is 4.07. The van der Waals surface area contributed by atoms with Crippen LogP contribution in [0.15, 0.2) is 48.5 Å². The summed E-state index contributed by atoms with van der Waals surface area (Å²) < 4.78 is 13.6. The molecule has 3 rings (SSSR count). The van der Waals surface area contributed by atoms with Crippen LogP contribution in [0.5, 0.6) is 0 Å². The zero-order valence-corrected chi connectivity index (χ0v) is 15.4. The molecule has 1 heterocycles. The number of carbonyl (C=O) groups is 2. The third kappa shape index (κ3) is 4.25. The molecule has 0 bridgehead atoms. The predicted octanol–water partition coefficient (Wildman–Crippen LogP) is 4.73. The van der Waals surface area contributed by atoms with Crippen LogP contribution in [0, 0.1) is 5.82 Å². The normalized spacial score (nSPS) is 16.8. The fraction of sp³-hybridized carbons (Fsp3) is 0.300. The van der Waals surface area contributed by atoms with Crippen molar-refractivity contribution >= 4 is 35.0 Å². The maximum Gasteiger partial charge on any atom is 0.238 e. The molecule has 0 spiro atoms. The minimum Gasteiger partial charge on any atom is -0.326 e. The molecule has 1 N–H and O–H groups in total. The summed E-state index contributed by atoms with van der Waals surface area (Å²) >= 11 is 1.50. The smallest absolute Gasteiger partial charge is 0.238 e. The summed E-state index contributed by atoms with van der Waals surface area (Å²) in [5, 5.41) is 2.66. The highest BCUT2D eigenvalue weighted by Gasteiger charge is 2.34. The summed E-state index contributed by atoms with van der Waals surface area (Å²) in [6.07, 6.45) is 2.32. The molecule has 1 aliphatic rings. The van der Waals surface area contributed by atoms with Gasteiger partial charge in [0.1, 0.15) is 11.2 Å². The number of amides is 2. The lowest BCUT2D eigenvalue weighted by Gasteiger charge is -2.24. The van der Waals surface area contributed by atoms with E-state index in [1.807, 2.05) is 31.2 Å². The molecule has 2 aromatic rings. The third-order valence-corrected chi connectivity index (χ3v) is 5.38. The number of halogens is 1. The number of carbonyl (C=O) groups excluding carboxylic acids is 2. The Balaban J connectivity index is 1.82. The first-order valence-corrected chi connectivity index (χ1v) is 9.72. The molecule has 2 aromatic carbocycles. The van der Waals surface area contributed by atoms with Gasteiger partial charge in [-0.2, -0.15) is 0 Å². The van der Waals surface area contributed by atoms with Gasteiger partial charge in [0.15, 0.2) is 0 Å². The summed E-state index contributed by atoms with van der Waals surface area (Å²) in [5.74, 6) is -0.0964. The van der Waals surface area contributed by atoms with Crippen molar-refractivity contribution in [2.24, 2.45) is 0 Å². The standard InChI is InChI=1S/C20H21FN2O2S/c1-2-3-10-18(24)22-16-8-4-6-14(11-16)20-23(19(25)13-26-20)17-9-5-7-15(21)12-17/h4-9,11-12,20H,2-3,10,13H2,1H3,(H,22,24)/t20-/m1/s1. The van der Waals surface area contributed by atoms with Crippen molar-refractivity contribution in [1.82, 2.24) is 0 Å². The molecule has 0 aliphatic carbocycles. The topological polar surface area (TPSA) is 49.4 Å². The highest BCUT2D eigenvalue weighted by Crippen LogP contribution is 2.42. The lowest BCUT2D eigenvalue weighted by molar-refractivity contribution is -0.117. The number of thioether (sulfide) groups is 1. The van der Waals surface area contributed by atoms with Gasteiger partial charge in [-0.05, 0) is 42.3 Å². The van der Waals surface area contributed by atoms with Gasteiger partial charge in [0.05, 0.1) is 5.75 Å². The van der Waals surface area contributed by atoms with Gasteiger partial charge in [0.25, 0.3) is 0 Å². The average Bonchev–Trinajstić information content (AvgIpc) is 3.02. The van der Waals surface area contributed by atoms with E-state index in [9.17, 15) is 14.0 Å². The van der Waals surface area contributed by atoms with Crippen LogP contribution < -0.4 is 10.2 Å². The quantitative estimate of drug-likeness (QED) is 0.797. The van der Waals surface area contributed by atoms with Crippen LogP contribution in [-0.2, 0) is 9.59 Å². The summed E-state index contributed by atoms with van der Waals surface area (Å²) in [6.45, 7) is 2.04. The summed E-state index contributed by atoms with van der Waals surface area (Å²) in [6, 6.07) is 13.6. The van der Waals surface area contributed by atoms with Gasteiger partial charge in [-0.3, -0.25) is 14.5 Å². The number of hydrogen-bond acceptors (Lipinski definition) is 3. The van der Waals surface area contributed by atoms with E-state index >= 15 is 0 Å². The predicted molar refractivity (Wildman–Crippen MR) is 104 cm³/mol. The van der Waals surface area contributed by atoms with Crippen molar-refractivity contribution < 1.29 is 14.0 Å². The maximum absolute atomic E-state index is 13.6. The second-order valence-electron chi connectivity index (χ2n) is 6.18. The Morgan fingerprint density at radius 3 is 2.85 bits per heavy atom. The first-order chi connectivity index (χ1) is 12.6. The monoisotopic (exact) mass is 372 g/mol. The zero-order chi connectivity index (χ0) is 18.5. The van der Waals surface area contributed by atoms with E-state index in [1.165, 1.54) is 23.9 Å². The molecule has 0 unspecified atom stereocenters. The number of hydrogen-bond donors (Lipinski definition) is 1. The molecule has 136 valence electrons. The van der Waals surface area contributed by atoms with Gasteiger partial charge in [0.2, 0.25) is 11.8 Å². The second-order valence-corrected chi connectivity index (χ2v) is 7.25. The van der Waals surface area contributed by atoms with Crippen LogP contribution in [0.4, 0.5) is 15.8 Å². The molecular formula is C20H21FN2O2S. The molecular weight excluding hydrogens is 351 g/mol. The molecule has 6 heteroatoms. The first kappa shape index (κ1) is 18.5. The van der Waals surface area contributed by atoms with Crippen LogP contribution >= 0.6 is 11.8 Å². The molecule has 26 heavy (non-hydrogen) atoms. The van der Waals surface area contributed by atoms with Crippen molar-refractivity contribution in [3.05, 3.63) is 59.9 Å². The van der Waals surface area contributed by atoms with Gasteiger partial charge in [0, 0.05) is 17.8 Å². The molecule has 0 radical (unpaired) electrons. The minimum atomic E-state index is -0.372. The van der Waals surface area contributed by atoms with Gasteiger partial charge >= 0.3 is 0 Å². The molecule has 1 saturated heterocycles. The Labute approximate surface area is 156 Å². The molecule has 4 nitrogen and oxygen atoms in total. The Bertz CT molecular complexity index is 812. The highest BCUT2D eigenvalue weighted by atomic mass is 32.2. The number of anilines is 2. The number of benzene rings is 2. The van der Waals surface area contributed by atoms with E-state index in [2.05, 4.69) is 5.32 Å². The van der Waals surface area contributed by atoms with E-state index in [-0.39, 0.29) is 23.0 Å². The van der Waals surface area contributed by atoms with Crippen LogP contribution in [0.3, 0.4) is 0 Å². The Morgan fingerprint density at radius 2 is 2.08 bits per heavy atom. The molecule has 1 aliphatic heterocycles. The van der Waals surface area contributed by atoms with Gasteiger partial charge < -0.3 is 5.32 Å². The van der Waals surface area contributed by atoms with Crippen molar-refractivity contribution in [3.63, 3.8) is 0 Å². The van der Waals surface area contributed by atoms with Gasteiger partial charge in [-0.1, -0.05) is 31.5 Å². The van der Waals surface area contributed by atoms with Gasteiger partial charge in [-0.25, -0.2) is 4.39 Å². The molecule has 0 aromatic heterocycles. The van der Waals surface area contributed by atoms with Crippen LogP contribution in [-0.4, -0.2) is 17.6 Å². The SMILES string of the molecule is CCCCC(=O)Nc1cccc([C@H]2SCC(=O)N2c2cccc(F)c2)c1. The van der Waals surface area contributed by atoms with Crippen molar-refractivity contribution in [2.75, 3.05) is 16.0 Å². The van der Waals surface area contributed by atoms with Crippen molar-refractivity contribution in [2.45, 2.75) is 31.6 Å². The van der Waals surface area contributed by atoms with E-state index in [4.69, 9.17) is 0 Å². The molecule has 0 saturated carbocycles. The Morgan fingerprint density at radius 1 is 1.27 bits per heavy atom. The Hall–Kier alpha value is -2.34. The number of rotatable bonds is 6. The lowest BCUT2D eigenvalue weighted by atomic mass is 10.1. The van der Waals surface area contributed by atoms with E-state index < -0.39 is 0 Å². The summed E-state index contributed by atoms with van der Waals surface area (Å²) in [5.41, 5.74) is 2.16. The van der Waals surface area contributed by atoms with Crippen LogP contribution in [0.1, 0.15) is 37.1 Å². The summed E-state index contributed by atoms with van der Waals surface area (Å²) in [7, 11) is 0. The minimum absolute atomic E-state index is 0.0128. The summed E-state index contributed by atoms with van der Waals surface area (Å²) in [4.78, 5) is 25.9. The molecule has 1 fully saturated rings. The largest absolute Gasteiger partial charge is 0.326 e. The molecule has 1 atom stereocenters. The second kappa shape index (κ2) is 8.36. The fourth-order valence-electron chi connectivity index (χ4n) is 2.91. The average molecular weight is 372 g/mol. The van der Waals surface area contributed by atoms with E-state index in [1.54, 1.807) is 17.0 Å². The molecule has 2 amide bonds. The van der Waals surface area contributed by atoms with Crippen molar-refractivity contribution in [3.8, 4) is 0 Å². The Kier molecular flexibility index (Phi) is 5.93. The third-order valence-electron chi connectivity index (χ3n) is 4.17. The number of unbranched alkanes of at least 4 members (excludes halogenated alkanes) is 1. The zero-order valence-electron chi connectivity index (χ0n) is 14.6. The first-order valence-electron chi connectivity index (χ1n) is 8.67. The van der Waals surface area contributed by atoms with Gasteiger partial charge in [-0.15, -0.1) is 11.8 Å². The highest BCUT2D eigenvalue weighted by molar-refractivity contribution is 8.00. The van der Waals surface area contributed by atoms with E-state index in [0.29, 0.717) is 23.5 Å². The van der Waals surface area contributed by atoms with E-state index in [0.717, 1.165) is 18.4 Å². The lowest BCUT2D eigenvalue weighted by Crippen LogP contribution is -2.27. The number of nitrogens with zero attached hydrogens (tertiary/aromatic N) is 1. The maximum atomic E-state index is 13.6. The van der Waals surface area contributed by atoms with Crippen LogP contribution in [0.25, 0.3) is 0 Å². The number of nitrogens with one attached hydrogen (secondary N) is 1. The van der Waals surface area contributed by atoms with Crippen LogP contribution in [0.2, 0.25) is 0 Å². The van der Waals surface area contributed by atoms with Crippen molar-refractivity contribution in [1.29, 1.82) is 0 Å².